The molecule has 0 saturated carbocycles. The summed E-state index contributed by atoms with van der Waals surface area (Å²) in [5.74, 6) is -2.37. The number of nitrogen functional groups attached to an aromatic ring is 1. The van der Waals surface area contributed by atoms with Crippen molar-refractivity contribution in [3.8, 4) is 0 Å². The van der Waals surface area contributed by atoms with Crippen molar-refractivity contribution in [3.05, 3.63) is 41.3 Å². The van der Waals surface area contributed by atoms with Crippen LogP contribution >= 0.6 is 11.3 Å². The highest BCUT2D eigenvalue weighted by molar-refractivity contribution is 7.13. The third kappa shape index (κ3) is 4.65. The minimum absolute atomic E-state index is 0. The van der Waals surface area contributed by atoms with Gasteiger partial charge in [-0.1, -0.05) is 5.16 Å². The lowest BCUT2D eigenvalue weighted by Gasteiger charge is -2.48. The number of aliphatic carboxylic acids is 1. The number of hydrogen-bond acceptors (Lipinski definition) is 10. The Labute approximate surface area is 204 Å². The van der Waals surface area contributed by atoms with Crippen molar-refractivity contribution >= 4 is 51.3 Å². The summed E-state index contributed by atoms with van der Waals surface area (Å²) in [6, 6.07) is 2.35. The second-order valence-electron chi connectivity index (χ2n) is 7.92. The van der Waals surface area contributed by atoms with Crippen LogP contribution < -0.4 is 20.5 Å². The van der Waals surface area contributed by atoms with Gasteiger partial charge in [0.25, 0.3) is 11.8 Å². The molecule has 0 radical (unpaired) electrons. The summed E-state index contributed by atoms with van der Waals surface area (Å²) in [7, 11) is 5.10. The van der Waals surface area contributed by atoms with E-state index in [4.69, 9.17) is 10.6 Å². The molecule has 2 amide bonds. The topological polar surface area (TPSA) is 184 Å². The summed E-state index contributed by atoms with van der Waals surface area (Å²) in [6.45, 7) is 0. The van der Waals surface area contributed by atoms with E-state index < -0.39 is 29.9 Å². The molecule has 5 N–H and O–H groups in total. The number of fused-ring (bicyclic) bond motifs is 1. The number of rotatable bonds is 7. The lowest BCUT2D eigenvalue weighted by Crippen LogP contribution is -2.72. The van der Waals surface area contributed by atoms with Crippen LogP contribution in [0.4, 0.5) is 10.8 Å². The van der Waals surface area contributed by atoms with E-state index in [-0.39, 0.29) is 27.7 Å². The molecule has 0 spiro atoms. The zero-order valence-electron chi connectivity index (χ0n) is 19.2. The van der Waals surface area contributed by atoms with Crippen molar-refractivity contribution in [2.45, 2.75) is 24.9 Å². The Morgan fingerprint density at radius 1 is 1.37 bits per heavy atom. The summed E-state index contributed by atoms with van der Waals surface area (Å²) < 4.78 is 1.71. The van der Waals surface area contributed by atoms with Crippen LogP contribution in [0.15, 0.2) is 40.8 Å². The number of nitrogens with two attached hydrogens (primary N) is 1. The van der Waals surface area contributed by atoms with E-state index in [9.17, 15) is 19.5 Å². The molecule has 0 aromatic carbocycles. The molecule has 0 bridgehead atoms. The molecular weight excluding hydrogens is 478 g/mol. The number of thiazole rings is 1. The normalized spacial score (nSPS) is 19.3. The van der Waals surface area contributed by atoms with Crippen LogP contribution in [0.1, 0.15) is 18.5 Å². The largest absolute Gasteiger partial charge is 0.870 e. The lowest BCUT2D eigenvalue weighted by atomic mass is 9.85. The number of anilines is 2. The maximum Gasteiger partial charge on any atom is 0.359 e. The number of nitrogens with one attached hydrogen (secondary N) is 1. The molecule has 2 aromatic rings. The highest BCUT2D eigenvalue weighted by atomic mass is 32.1. The van der Waals surface area contributed by atoms with Gasteiger partial charge in [-0.2, -0.15) is 4.57 Å². The molecule has 2 aliphatic heterocycles. The molecule has 1 saturated heterocycles. The second kappa shape index (κ2) is 10.1. The summed E-state index contributed by atoms with van der Waals surface area (Å²) in [5.41, 5.74) is 7.12. The van der Waals surface area contributed by atoms with E-state index in [2.05, 4.69) is 15.5 Å². The molecule has 2 aromatic heterocycles. The first-order valence-electron chi connectivity index (χ1n) is 10.3. The highest BCUT2D eigenvalue weighted by Crippen LogP contribution is 2.37. The van der Waals surface area contributed by atoms with E-state index in [1.54, 1.807) is 22.3 Å². The van der Waals surface area contributed by atoms with Gasteiger partial charge in [-0.15, -0.1) is 11.3 Å². The number of carbonyl (C=O) groups is 3. The number of pyridine rings is 1. The fourth-order valence-corrected chi connectivity index (χ4v) is 4.64. The van der Waals surface area contributed by atoms with Crippen LogP contribution in [0.5, 0.6) is 0 Å². The smallest absolute Gasteiger partial charge is 0.359 e. The predicted molar refractivity (Wildman–Crippen MR) is 126 cm³/mol. The van der Waals surface area contributed by atoms with Gasteiger partial charge in [-0.05, 0) is 6.42 Å². The number of oxime groups is 1. The third-order valence-corrected chi connectivity index (χ3v) is 6.38. The highest BCUT2D eigenvalue weighted by Gasteiger charge is 2.55. The Kier molecular flexibility index (Phi) is 7.36. The van der Waals surface area contributed by atoms with E-state index in [0.717, 1.165) is 17.0 Å². The summed E-state index contributed by atoms with van der Waals surface area (Å²) in [5, 5.41) is 18.1. The Balaban J connectivity index is 0.00000342. The van der Waals surface area contributed by atoms with Crippen LogP contribution in [-0.4, -0.2) is 77.3 Å². The number of hydrogen-bond donors (Lipinski definition) is 3. The van der Waals surface area contributed by atoms with Gasteiger partial charge in [0.1, 0.15) is 18.8 Å². The van der Waals surface area contributed by atoms with Crippen LogP contribution in [0.3, 0.4) is 0 Å². The lowest BCUT2D eigenvalue weighted by molar-refractivity contribution is -0.585. The van der Waals surface area contributed by atoms with Crippen molar-refractivity contribution in [3.63, 3.8) is 0 Å². The van der Waals surface area contributed by atoms with E-state index in [0.29, 0.717) is 18.5 Å². The summed E-state index contributed by atoms with van der Waals surface area (Å²) in [4.78, 5) is 49.9. The van der Waals surface area contributed by atoms with Gasteiger partial charge < -0.3 is 31.4 Å². The average molecular weight is 504 g/mol. The second-order valence-corrected chi connectivity index (χ2v) is 8.81. The molecule has 4 rings (SSSR count). The quantitative estimate of drug-likeness (QED) is 0.197. The van der Waals surface area contributed by atoms with Gasteiger partial charge >= 0.3 is 5.97 Å². The number of carbonyl (C=O) groups excluding carboxylic acids is 2. The molecule has 14 heteroatoms. The van der Waals surface area contributed by atoms with E-state index >= 15 is 0 Å². The van der Waals surface area contributed by atoms with Crippen molar-refractivity contribution < 1.29 is 34.4 Å². The minimum atomic E-state index is -1.21. The molecule has 186 valence electrons. The van der Waals surface area contributed by atoms with Gasteiger partial charge in [-0.3, -0.25) is 14.5 Å². The number of carboxylic acid groups (broad SMARTS) is 1. The molecule has 35 heavy (non-hydrogen) atoms. The van der Waals surface area contributed by atoms with Gasteiger partial charge in [-0.25, -0.2) is 9.78 Å². The van der Waals surface area contributed by atoms with E-state index in [1.165, 1.54) is 12.0 Å². The molecule has 13 nitrogen and oxygen atoms in total. The molecule has 1 unspecified atom stereocenters. The molecule has 1 fully saturated rings. The van der Waals surface area contributed by atoms with Crippen molar-refractivity contribution in [2.24, 2.45) is 5.16 Å². The Morgan fingerprint density at radius 2 is 2.06 bits per heavy atom. The van der Waals surface area contributed by atoms with Gasteiger partial charge in [0, 0.05) is 43.7 Å². The summed E-state index contributed by atoms with van der Waals surface area (Å²) in [6.07, 6.45) is 4.43. The van der Waals surface area contributed by atoms with E-state index in [1.807, 2.05) is 31.1 Å². The maximum atomic E-state index is 13.0. The number of β-lactam (4-membered cyclic amide) rings is 1. The number of aromatic nitrogens is 2. The summed E-state index contributed by atoms with van der Waals surface area (Å²) >= 11 is 1.14. The van der Waals surface area contributed by atoms with Crippen LogP contribution in [0, 0.1) is 0 Å². The molecular formula is C21H25N7O6S. The minimum Gasteiger partial charge on any atom is -0.870 e. The van der Waals surface area contributed by atoms with Crippen LogP contribution in [0.25, 0.3) is 5.70 Å². The zero-order valence-corrected chi connectivity index (χ0v) is 20.0. The first-order valence-corrected chi connectivity index (χ1v) is 11.2. The molecule has 2 atom stereocenters. The third-order valence-electron chi connectivity index (χ3n) is 5.70. The number of allylic oxidation sites excluding steroid dienone is 1. The number of amides is 2. The average Bonchev–Trinajstić information content (AvgIpc) is 3.25. The zero-order chi connectivity index (χ0) is 24.6. The Bertz CT molecular complexity index is 1210. The first-order chi connectivity index (χ1) is 16.2. The Hall–Kier alpha value is -4.04. The number of carboxylic acids is 1. The van der Waals surface area contributed by atoms with Crippen molar-refractivity contribution in [1.82, 2.24) is 15.2 Å². The standard InChI is InChI=1S/C21H23N7O5S.H2O/c1-26(2)11-6-8-27(9-7-11)14-5-4-13-16(19(30)28(13)17(14)20(31)32)24-18(29)15(25-33-3)12-10-34-21(22)23-12;/h6-10,13,16H,4-5H2,1-3H3,(H3-,22,23,24,29,31,32);1H2/b25-15-;/t13?,16-;/m1./s1. The van der Waals surface area contributed by atoms with Crippen molar-refractivity contribution in [1.29, 1.82) is 0 Å². The Morgan fingerprint density at radius 3 is 2.60 bits per heavy atom. The fourth-order valence-electron chi connectivity index (χ4n) is 4.09. The van der Waals surface area contributed by atoms with Gasteiger partial charge in [0.05, 0.1) is 6.04 Å². The van der Waals surface area contributed by atoms with Gasteiger partial charge in [0.15, 0.2) is 28.9 Å². The van der Waals surface area contributed by atoms with Gasteiger partial charge in [0.2, 0.25) is 5.70 Å². The van der Waals surface area contributed by atoms with Crippen LogP contribution in [-0.2, 0) is 19.2 Å². The maximum absolute atomic E-state index is 13.0. The molecule has 2 aliphatic rings. The fraction of sp³-hybridized carbons (Fsp3) is 0.333. The van der Waals surface area contributed by atoms with Crippen molar-refractivity contribution in [2.75, 3.05) is 31.8 Å². The van der Waals surface area contributed by atoms with Crippen LogP contribution in [0.2, 0.25) is 0 Å². The number of nitrogens with zero attached hydrogens (tertiary/aromatic N) is 5. The predicted octanol–water partition coefficient (Wildman–Crippen LogP) is -0.305. The monoisotopic (exact) mass is 503 g/mol. The molecule has 0 aliphatic carbocycles. The first kappa shape index (κ1) is 25.6. The molecule has 4 heterocycles. The SMILES string of the molecule is CO/N=C(\C(=O)N[C@H]1C(=O)N2C(C(=O)O)=C([n+]3ccc(N(C)C)cc3)CCC12)c1csc(N)n1.[OH-].